The topological polar surface area (TPSA) is 75.7 Å². The highest BCUT2D eigenvalue weighted by molar-refractivity contribution is 9.10. The Morgan fingerprint density at radius 2 is 2.12 bits per heavy atom. The van der Waals surface area contributed by atoms with Gasteiger partial charge in [0.15, 0.2) is 18.1 Å². The van der Waals surface area contributed by atoms with Crippen molar-refractivity contribution in [3.63, 3.8) is 0 Å². The number of nitrogens with zero attached hydrogens (tertiary/aromatic N) is 2. The fraction of sp³-hybridized carbons (Fsp3) is 0.333. The molecule has 0 radical (unpaired) electrons. The molecule has 0 atom stereocenters. The Morgan fingerprint density at radius 1 is 1.36 bits per heavy atom. The van der Waals surface area contributed by atoms with E-state index in [0.717, 1.165) is 5.76 Å². The van der Waals surface area contributed by atoms with E-state index < -0.39 is 0 Å². The van der Waals surface area contributed by atoms with E-state index in [1.807, 2.05) is 26.0 Å². The van der Waals surface area contributed by atoms with Crippen LogP contribution in [-0.2, 0) is 11.3 Å². The van der Waals surface area contributed by atoms with Crippen molar-refractivity contribution in [3.05, 3.63) is 45.8 Å². The monoisotopic (exact) mass is 406 g/mol. The lowest BCUT2D eigenvalue weighted by atomic mass is 10.2. The molecule has 0 aliphatic carbocycles. The molecule has 0 fully saturated rings. The van der Waals surface area contributed by atoms with Crippen LogP contribution in [0, 0.1) is 18.3 Å². The lowest BCUT2D eigenvalue weighted by Gasteiger charge is -2.18. The molecule has 0 unspecified atom stereocenters. The van der Waals surface area contributed by atoms with Crippen molar-refractivity contribution in [2.24, 2.45) is 0 Å². The predicted octanol–water partition coefficient (Wildman–Crippen LogP) is 3.66. The SMILES string of the molecule is CCOc1cc(C#N)cc(Br)c1OCC(=O)N(C)Cc1ccc(C)o1. The van der Waals surface area contributed by atoms with Crippen LogP contribution in [0.5, 0.6) is 11.5 Å². The van der Waals surface area contributed by atoms with Gasteiger partial charge in [0.2, 0.25) is 0 Å². The van der Waals surface area contributed by atoms with Gasteiger partial charge in [-0.3, -0.25) is 4.79 Å². The molecule has 1 aromatic carbocycles. The first kappa shape index (κ1) is 18.9. The predicted molar refractivity (Wildman–Crippen MR) is 95.4 cm³/mol. The molecule has 2 aromatic rings. The van der Waals surface area contributed by atoms with Gasteiger partial charge < -0.3 is 18.8 Å². The standard InChI is InChI=1S/C18H19BrN2O4/c1-4-23-16-8-13(9-20)7-15(19)18(16)24-11-17(22)21(3)10-14-6-5-12(2)25-14/h5-8H,4,10-11H2,1-3H3. The van der Waals surface area contributed by atoms with Crippen LogP contribution in [0.3, 0.4) is 0 Å². The number of rotatable bonds is 7. The number of halogens is 1. The first-order valence-electron chi connectivity index (χ1n) is 7.73. The third-order valence-corrected chi connectivity index (χ3v) is 3.98. The molecule has 1 aromatic heterocycles. The Balaban J connectivity index is 2.04. The third kappa shape index (κ3) is 5.00. The van der Waals surface area contributed by atoms with Crippen molar-refractivity contribution in [1.29, 1.82) is 5.26 Å². The van der Waals surface area contributed by atoms with E-state index in [1.165, 1.54) is 4.90 Å². The summed E-state index contributed by atoms with van der Waals surface area (Å²) in [6.45, 7) is 4.32. The van der Waals surface area contributed by atoms with Crippen molar-refractivity contribution < 1.29 is 18.7 Å². The summed E-state index contributed by atoms with van der Waals surface area (Å²) in [5.41, 5.74) is 0.444. The summed E-state index contributed by atoms with van der Waals surface area (Å²) in [5.74, 6) is 2.13. The van der Waals surface area contributed by atoms with Gasteiger partial charge in [-0.05, 0) is 48.0 Å². The fourth-order valence-electron chi connectivity index (χ4n) is 2.17. The molecule has 0 saturated heterocycles. The summed E-state index contributed by atoms with van der Waals surface area (Å²) in [4.78, 5) is 13.8. The highest BCUT2D eigenvalue weighted by Crippen LogP contribution is 2.36. The first-order valence-corrected chi connectivity index (χ1v) is 8.52. The normalized spacial score (nSPS) is 10.2. The highest BCUT2D eigenvalue weighted by Gasteiger charge is 2.16. The van der Waals surface area contributed by atoms with Crippen LogP contribution in [0.15, 0.2) is 33.2 Å². The van der Waals surface area contributed by atoms with Crippen LogP contribution < -0.4 is 9.47 Å². The van der Waals surface area contributed by atoms with Crippen molar-refractivity contribution in [2.75, 3.05) is 20.3 Å². The van der Waals surface area contributed by atoms with Gasteiger partial charge in [0.1, 0.15) is 11.5 Å². The molecular weight excluding hydrogens is 388 g/mol. The average Bonchev–Trinajstić information content (AvgIpc) is 2.98. The van der Waals surface area contributed by atoms with E-state index >= 15 is 0 Å². The van der Waals surface area contributed by atoms with Crippen LogP contribution in [-0.4, -0.2) is 31.1 Å². The Kier molecular flexibility index (Phi) is 6.48. The summed E-state index contributed by atoms with van der Waals surface area (Å²) in [6.07, 6.45) is 0. The number of benzene rings is 1. The molecule has 7 heteroatoms. The third-order valence-electron chi connectivity index (χ3n) is 3.39. The largest absolute Gasteiger partial charge is 0.490 e. The summed E-state index contributed by atoms with van der Waals surface area (Å²) >= 11 is 3.36. The minimum Gasteiger partial charge on any atom is -0.490 e. The molecule has 0 N–H and O–H groups in total. The smallest absolute Gasteiger partial charge is 0.260 e. The van der Waals surface area contributed by atoms with Crippen molar-refractivity contribution in [3.8, 4) is 17.6 Å². The van der Waals surface area contributed by atoms with Gasteiger partial charge in [0.05, 0.1) is 29.3 Å². The molecule has 0 aliphatic heterocycles. The Labute approximate surface area is 155 Å². The molecule has 1 heterocycles. The quantitative estimate of drug-likeness (QED) is 0.700. The van der Waals surface area contributed by atoms with E-state index in [9.17, 15) is 4.79 Å². The number of amides is 1. The Morgan fingerprint density at radius 3 is 2.72 bits per heavy atom. The lowest BCUT2D eigenvalue weighted by Crippen LogP contribution is -2.30. The van der Waals surface area contributed by atoms with E-state index in [4.69, 9.17) is 19.2 Å². The molecule has 6 nitrogen and oxygen atoms in total. The molecule has 0 saturated carbocycles. The average molecular weight is 407 g/mol. The lowest BCUT2D eigenvalue weighted by molar-refractivity contribution is -0.132. The maximum absolute atomic E-state index is 12.3. The molecule has 0 aliphatic rings. The molecular formula is C18H19BrN2O4. The maximum Gasteiger partial charge on any atom is 0.260 e. The Bertz CT molecular complexity index is 795. The summed E-state index contributed by atoms with van der Waals surface area (Å²) in [6, 6.07) is 8.96. The molecule has 25 heavy (non-hydrogen) atoms. The number of carbonyl (C=O) groups is 1. The zero-order valence-corrected chi connectivity index (χ0v) is 15.9. The number of carbonyl (C=O) groups excluding carboxylic acids is 1. The van der Waals surface area contributed by atoms with Gasteiger partial charge in [-0.25, -0.2) is 0 Å². The molecule has 2 rings (SSSR count). The van der Waals surface area contributed by atoms with Gasteiger partial charge in [-0.2, -0.15) is 5.26 Å². The molecule has 0 spiro atoms. The number of furan rings is 1. The number of aryl methyl sites for hydroxylation is 1. The zero-order chi connectivity index (χ0) is 18.4. The second-order valence-electron chi connectivity index (χ2n) is 5.38. The van der Waals surface area contributed by atoms with Crippen LogP contribution >= 0.6 is 15.9 Å². The number of nitriles is 1. The number of ether oxygens (including phenoxy) is 2. The number of likely N-dealkylation sites (N-methyl/N-ethyl adjacent to an activating group) is 1. The number of hydrogen-bond acceptors (Lipinski definition) is 5. The van der Waals surface area contributed by atoms with Gasteiger partial charge >= 0.3 is 0 Å². The van der Waals surface area contributed by atoms with Gasteiger partial charge in [0.25, 0.3) is 5.91 Å². The van der Waals surface area contributed by atoms with Crippen LogP contribution in [0.25, 0.3) is 0 Å². The first-order chi connectivity index (χ1) is 11.9. The van der Waals surface area contributed by atoms with Crippen LogP contribution in [0.1, 0.15) is 24.0 Å². The second-order valence-corrected chi connectivity index (χ2v) is 6.24. The van der Waals surface area contributed by atoms with Crippen LogP contribution in [0.2, 0.25) is 0 Å². The zero-order valence-electron chi connectivity index (χ0n) is 14.3. The van der Waals surface area contributed by atoms with Crippen molar-refractivity contribution >= 4 is 21.8 Å². The van der Waals surface area contributed by atoms with Gasteiger partial charge in [0, 0.05) is 13.1 Å². The van der Waals surface area contributed by atoms with E-state index in [2.05, 4.69) is 22.0 Å². The minimum atomic E-state index is -0.201. The van der Waals surface area contributed by atoms with Gasteiger partial charge in [-0.1, -0.05) is 0 Å². The van der Waals surface area contributed by atoms with E-state index in [-0.39, 0.29) is 12.5 Å². The van der Waals surface area contributed by atoms with Crippen molar-refractivity contribution in [1.82, 2.24) is 4.90 Å². The number of hydrogen-bond donors (Lipinski definition) is 0. The Hall–Kier alpha value is -2.46. The maximum atomic E-state index is 12.3. The summed E-state index contributed by atoms with van der Waals surface area (Å²) in [5, 5.41) is 9.04. The molecule has 0 bridgehead atoms. The fourth-order valence-corrected chi connectivity index (χ4v) is 2.73. The van der Waals surface area contributed by atoms with Gasteiger partial charge in [-0.15, -0.1) is 0 Å². The molecule has 132 valence electrons. The molecule has 1 amide bonds. The van der Waals surface area contributed by atoms with E-state index in [1.54, 1.807) is 19.2 Å². The van der Waals surface area contributed by atoms with E-state index in [0.29, 0.717) is 40.4 Å². The summed E-state index contributed by atoms with van der Waals surface area (Å²) < 4.78 is 17.2. The highest BCUT2D eigenvalue weighted by atomic mass is 79.9. The van der Waals surface area contributed by atoms with Crippen molar-refractivity contribution in [2.45, 2.75) is 20.4 Å². The second kappa shape index (κ2) is 8.58. The summed E-state index contributed by atoms with van der Waals surface area (Å²) in [7, 11) is 1.68. The van der Waals surface area contributed by atoms with Crippen LogP contribution in [0.4, 0.5) is 0 Å². The minimum absolute atomic E-state index is 0.152.